The van der Waals surface area contributed by atoms with Gasteiger partial charge in [0.15, 0.2) is 0 Å². The molecule has 0 saturated carbocycles. The number of halogens is 2. The van der Waals surface area contributed by atoms with Crippen molar-refractivity contribution in [2.75, 3.05) is 13.1 Å². The van der Waals surface area contributed by atoms with E-state index in [0.29, 0.717) is 13.1 Å². The van der Waals surface area contributed by atoms with Crippen LogP contribution >= 0.6 is 15.9 Å². The summed E-state index contributed by atoms with van der Waals surface area (Å²) in [5.41, 5.74) is 5.74. The second kappa shape index (κ2) is 6.09. The molecule has 1 heterocycles. The summed E-state index contributed by atoms with van der Waals surface area (Å²) in [4.78, 5) is 0.0893. The molecule has 20 heavy (non-hydrogen) atoms. The highest BCUT2D eigenvalue weighted by molar-refractivity contribution is 9.10. The first-order valence-electron chi connectivity index (χ1n) is 6.55. The molecule has 1 aliphatic rings. The third kappa shape index (κ3) is 2.90. The summed E-state index contributed by atoms with van der Waals surface area (Å²) in [5.74, 6) is -0.249. The molecular weight excluding hydrogens is 347 g/mol. The van der Waals surface area contributed by atoms with Crippen LogP contribution in [-0.2, 0) is 10.0 Å². The maximum Gasteiger partial charge on any atom is 0.244 e. The van der Waals surface area contributed by atoms with E-state index in [0.717, 1.165) is 25.0 Å². The highest BCUT2D eigenvalue weighted by Crippen LogP contribution is 2.32. The third-order valence-corrected chi connectivity index (χ3v) is 6.69. The van der Waals surface area contributed by atoms with E-state index in [1.165, 1.54) is 10.4 Å². The summed E-state index contributed by atoms with van der Waals surface area (Å²) in [5, 5.41) is 0. The molecule has 2 unspecified atom stereocenters. The van der Waals surface area contributed by atoms with Crippen molar-refractivity contribution in [2.24, 2.45) is 11.7 Å². The van der Waals surface area contributed by atoms with Gasteiger partial charge < -0.3 is 5.73 Å². The summed E-state index contributed by atoms with van der Waals surface area (Å²) < 4.78 is 40.3. The molecule has 2 atom stereocenters. The summed E-state index contributed by atoms with van der Waals surface area (Å²) in [6.45, 7) is 2.76. The van der Waals surface area contributed by atoms with Crippen LogP contribution in [0.4, 0.5) is 4.39 Å². The van der Waals surface area contributed by atoms with Gasteiger partial charge in [-0.25, -0.2) is 12.8 Å². The summed E-state index contributed by atoms with van der Waals surface area (Å²) in [7, 11) is -3.66. The van der Waals surface area contributed by atoms with Gasteiger partial charge in [-0.2, -0.15) is 4.31 Å². The molecule has 0 amide bonds. The van der Waals surface area contributed by atoms with Gasteiger partial charge in [0.25, 0.3) is 0 Å². The lowest BCUT2D eigenvalue weighted by atomic mass is 9.93. The second-order valence-electron chi connectivity index (χ2n) is 5.11. The molecule has 1 aromatic rings. The van der Waals surface area contributed by atoms with Crippen molar-refractivity contribution in [1.29, 1.82) is 0 Å². The number of benzene rings is 1. The van der Waals surface area contributed by atoms with Gasteiger partial charge in [-0.05, 0) is 52.9 Å². The molecule has 0 radical (unpaired) electrons. The fourth-order valence-electron chi connectivity index (χ4n) is 2.67. The number of piperidine rings is 1. The minimum Gasteiger partial charge on any atom is -0.329 e. The predicted molar refractivity (Wildman–Crippen MR) is 79.2 cm³/mol. The largest absolute Gasteiger partial charge is 0.329 e. The number of sulfonamides is 1. The van der Waals surface area contributed by atoms with E-state index in [4.69, 9.17) is 5.73 Å². The smallest absolute Gasteiger partial charge is 0.244 e. The van der Waals surface area contributed by atoms with Crippen LogP contribution in [0, 0.1) is 11.7 Å². The van der Waals surface area contributed by atoms with Crippen LogP contribution in [0.25, 0.3) is 0 Å². The zero-order chi connectivity index (χ0) is 14.9. The Morgan fingerprint density at radius 2 is 2.20 bits per heavy atom. The van der Waals surface area contributed by atoms with Gasteiger partial charge in [0.05, 0.1) is 4.90 Å². The van der Waals surface area contributed by atoms with Gasteiger partial charge in [-0.15, -0.1) is 0 Å². The van der Waals surface area contributed by atoms with Crippen LogP contribution in [0.3, 0.4) is 0 Å². The highest BCUT2D eigenvalue weighted by Gasteiger charge is 2.37. The third-order valence-electron chi connectivity index (χ3n) is 3.79. The lowest BCUT2D eigenvalue weighted by Crippen LogP contribution is -2.51. The fraction of sp³-hybridized carbons (Fsp3) is 0.538. The topological polar surface area (TPSA) is 63.4 Å². The SMILES string of the molecule is CC1CCCN(S(=O)(=O)c2ccc(F)cc2Br)C1CN. The minimum atomic E-state index is -3.66. The monoisotopic (exact) mass is 364 g/mol. The van der Waals surface area contributed by atoms with Crippen molar-refractivity contribution in [3.63, 3.8) is 0 Å². The van der Waals surface area contributed by atoms with Crippen molar-refractivity contribution in [3.05, 3.63) is 28.5 Å². The standard InChI is InChI=1S/C13H18BrFN2O2S/c1-9-3-2-6-17(12(9)8-16)20(18,19)13-5-4-10(15)7-11(13)14/h4-5,7,9,12H,2-3,6,8,16H2,1H3. The Bertz CT molecular complexity index is 594. The first-order valence-corrected chi connectivity index (χ1v) is 8.78. The van der Waals surface area contributed by atoms with Crippen molar-refractivity contribution in [2.45, 2.75) is 30.7 Å². The van der Waals surface area contributed by atoms with Gasteiger partial charge in [-0.1, -0.05) is 6.92 Å². The molecule has 7 heteroatoms. The van der Waals surface area contributed by atoms with E-state index >= 15 is 0 Å². The minimum absolute atomic E-state index is 0.0893. The zero-order valence-electron chi connectivity index (χ0n) is 11.2. The number of nitrogens with zero attached hydrogens (tertiary/aromatic N) is 1. The maximum absolute atomic E-state index is 13.1. The van der Waals surface area contributed by atoms with Crippen LogP contribution in [0.5, 0.6) is 0 Å². The summed E-state index contributed by atoms with van der Waals surface area (Å²) in [6, 6.07) is 3.41. The number of hydrogen-bond donors (Lipinski definition) is 1. The Morgan fingerprint density at radius 3 is 2.80 bits per heavy atom. The fourth-order valence-corrected chi connectivity index (χ4v) is 5.45. The quantitative estimate of drug-likeness (QED) is 0.894. The Kier molecular flexibility index (Phi) is 4.84. The molecule has 0 spiro atoms. The van der Waals surface area contributed by atoms with Crippen molar-refractivity contribution in [3.8, 4) is 0 Å². The molecule has 1 aliphatic heterocycles. The molecule has 1 aromatic carbocycles. The van der Waals surface area contributed by atoms with Crippen LogP contribution in [0.1, 0.15) is 19.8 Å². The first-order chi connectivity index (χ1) is 9.37. The van der Waals surface area contributed by atoms with Gasteiger partial charge >= 0.3 is 0 Å². The average Bonchev–Trinajstić information content (AvgIpc) is 2.37. The molecule has 2 N–H and O–H groups in total. The number of hydrogen-bond acceptors (Lipinski definition) is 3. The molecule has 0 aliphatic carbocycles. The van der Waals surface area contributed by atoms with Gasteiger partial charge in [-0.3, -0.25) is 0 Å². The first kappa shape index (κ1) is 15.9. The van der Waals surface area contributed by atoms with Crippen LogP contribution < -0.4 is 5.73 Å². The molecule has 0 aromatic heterocycles. The molecule has 1 saturated heterocycles. The Hall–Kier alpha value is -0.500. The van der Waals surface area contributed by atoms with Crippen molar-refractivity contribution >= 4 is 26.0 Å². The normalized spacial score (nSPS) is 24.8. The Balaban J connectivity index is 2.43. The number of nitrogens with two attached hydrogens (primary N) is 1. The van der Waals surface area contributed by atoms with E-state index in [9.17, 15) is 12.8 Å². The highest BCUT2D eigenvalue weighted by atomic mass is 79.9. The Morgan fingerprint density at radius 1 is 1.50 bits per heavy atom. The zero-order valence-corrected chi connectivity index (χ0v) is 13.6. The van der Waals surface area contributed by atoms with Gasteiger partial charge in [0.2, 0.25) is 10.0 Å². The lowest BCUT2D eigenvalue weighted by molar-refractivity contribution is 0.192. The van der Waals surface area contributed by atoms with Crippen LogP contribution in [-0.4, -0.2) is 31.9 Å². The predicted octanol–water partition coefficient (Wildman–Crippen LogP) is 2.34. The molecular formula is C13H18BrFN2O2S. The maximum atomic E-state index is 13.1. The molecule has 4 nitrogen and oxygen atoms in total. The van der Waals surface area contributed by atoms with Crippen LogP contribution in [0.15, 0.2) is 27.6 Å². The molecule has 0 bridgehead atoms. The molecule has 1 fully saturated rings. The van der Waals surface area contributed by atoms with Gasteiger partial charge in [0, 0.05) is 23.6 Å². The number of rotatable bonds is 3. The summed E-state index contributed by atoms with van der Waals surface area (Å²) in [6.07, 6.45) is 1.79. The van der Waals surface area contributed by atoms with E-state index in [1.807, 2.05) is 6.92 Å². The van der Waals surface area contributed by atoms with E-state index in [2.05, 4.69) is 15.9 Å². The average molecular weight is 365 g/mol. The second-order valence-corrected chi connectivity index (χ2v) is 7.83. The van der Waals surface area contributed by atoms with E-state index in [-0.39, 0.29) is 21.3 Å². The lowest BCUT2D eigenvalue weighted by Gasteiger charge is -2.38. The van der Waals surface area contributed by atoms with Crippen molar-refractivity contribution in [1.82, 2.24) is 4.31 Å². The van der Waals surface area contributed by atoms with Crippen molar-refractivity contribution < 1.29 is 12.8 Å². The van der Waals surface area contributed by atoms with Gasteiger partial charge in [0.1, 0.15) is 5.82 Å². The van der Waals surface area contributed by atoms with Crippen LogP contribution in [0.2, 0.25) is 0 Å². The summed E-state index contributed by atoms with van der Waals surface area (Å²) >= 11 is 3.13. The van der Waals surface area contributed by atoms with E-state index < -0.39 is 15.8 Å². The Labute approximate surface area is 127 Å². The molecule has 2 rings (SSSR count). The van der Waals surface area contributed by atoms with E-state index in [1.54, 1.807) is 0 Å². The molecule has 112 valence electrons.